The number of nitrogen functional groups attached to an aromatic ring is 1. The van der Waals surface area contributed by atoms with Crippen LogP contribution >= 0.6 is 0 Å². The van der Waals surface area contributed by atoms with Crippen LogP contribution in [-0.2, 0) is 11.2 Å². The monoisotopic (exact) mass is 176 g/mol. The van der Waals surface area contributed by atoms with Crippen LogP contribution in [0.25, 0.3) is 0 Å². The number of benzene rings is 1. The van der Waals surface area contributed by atoms with Gasteiger partial charge in [0.25, 0.3) is 0 Å². The fourth-order valence-corrected chi connectivity index (χ4v) is 1.72. The smallest absolute Gasteiger partial charge is 0.224 e. The van der Waals surface area contributed by atoms with Crippen molar-refractivity contribution < 1.29 is 4.79 Å². The predicted molar refractivity (Wildman–Crippen MR) is 52.5 cm³/mol. The maximum Gasteiger partial charge on any atom is 0.224 e. The van der Waals surface area contributed by atoms with Gasteiger partial charge in [-0.2, -0.15) is 0 Å². The van der Waals surface area contributed by atoms with Crippen molar-refractivity contribution in [2.75, 3.05) is 11.1 Å². The van der Waals surface area contributed by atoms with Gasteiger partial charge in [-0.15, -0.1) is 0 Å². The molecule has 1 aliphatic heterocycles. The molecule has 1 aliphatic rings. The highest BCUT2D eigenvalue weighted by Crippen LogP contribution is 2.28. The number of hydrogen-bond donors (Lipinski definition) is 2. The second-order valence-electron chi connectivity index (χ2n) is 3.42. The number of anilines is 2. The predicted octanol–water partition coefficient (Wildman–Crippen LogP) is 1.46. The Balaban J connectivity index is 2.53. The number of nitrogens with two attached hydrogens (primary N) is 1. The van der Waals surface area contributed by atoms with Gasteiger partial charge in [0.1, 0.15) is 0 Å². The molecule has 0 atom stereocenters. The maximum absolute atomic E-state index is 11.1. The van der Waals surface area contributed by atoms with Gasteiger partial charge in [-0.1, -0.05) is 0 Å². The van der Waals surface area contributed by atoms with Crippen LogP contribution in [0.2, 0.25) is 0 Å². The molecular weight excluding hydrogens is 164 g/mol. The molecule has 0 fully saturated rings. The molecule has 13 heavy (non-hydrogen) atoms. The molecule has 0 radical (unpaired) electrons. The molecule has 1 amide bonds. The second-order valence-corrected chi connectivity index (χ2v) is 3.42. The minimum Gasteiger partial charge on any atom is -0.399 e. The third-order valence-corrected chi connectivity index (χ3v) is 2.33. The average Bonchev–Trinajstić information content (AvgIpc) is 2.06. The number of rotatable bonds is 0. The van der Waals surface area contributed by atoms with Gasteiger partial charge in [0.05, 0.1) is 0 Å². The van der Waals surface area contributed by atoms with E-state index in [1.807, 2.05) is 19.1 Å². The summed E-state index contributed by atoms with van der Waals surface area (Å²) in [5.74, 6) is 0.0976. The number of amides is 1. The first-order valence-corrected chi connectivity index (χ1v) is 4.35. The Kier molecular flexibility index (Phi) is 1.72. The van der Waals surface area contributed by atoms with Gasteiger partial charge in [-0.25, -0.2) is 0 Å². The molecule has 1 heterocycles. The van der Waals surface area contributed by atoms with E-state index in [0.29, 0.717) is 6.42 Å². The van der Waals surface area contributed by atoms with E-state index in [1.54, 1.807) is 0 Å². The Bertz CT molecular complexity index is 371. The fourth-order valence-electron chi connectivity index (χ4n) is 1.72. The van der Waals surface area contributed by atoms with Crippen molar-refractivity contribution in [2.45, 2.75) is 19.8 Å². The van der Waals surface area contributed by atoms with Gasteiger partial charge in [0.2, 0.25) is 5.91 Å². The summed E-state index contributed by atoms with van der Waals surface area (Å²) in [6.45, 7) is 1.96. The number of fused-ring (bicyclic) bond motifs is 1. The summed E-state index contributed by atoms with van der Waals surface area (Å²) in [6, 6.07) is 3.81. The van der Waals surface area contributed by atoms with E-state index in [0.717, 1.165) is 28.9 Å². The van der Waals surface area contributed by atoms with Crippen molar-refractivity contribution in [1.29, 1.82) is 0 Å². The van der Waals surface area contributed by atoms with E-state index >= 15 is 0 Å². The van der Waals surface area contributed by atoms with Crippen molar-refractivity contribution in [1.82, 2.24) is 0 Å². The lowest BCUT2D eigenvalue weighted by molar-refractivity contribution is -0.116. The second kappa shape index (κ2) is 2.76. The summed E-state index contributed by atoms with van der Waals surface area (Å²) in [6.07, 6.45) is 1.36. The Labute approximate surface area is 76.9 Å². The highest BCUT2D eigenvalue weighted by atomic mass is 16.1. The lowest BCUT2D eigenvalue weighted by Crippen LogP contribution is -2.20. The van der Waals surface area contributed by atoms with Gasteiger partial charge < -0.3 is 11.1 Å². The summed E-state index contributed by atoms with van der Waals surface area (Å²) in [4.78, 5) is 11.1. The van der Waals surface area contributed by atoms with E-state index < -0.39 is 0 Å². The zero-order chi connectivity index (χ0) is 9.42. The molecule has 0 aromatic heterocycles. The quantitative estimate of drug-likeness (QED) is 0.588. The van der Waals surface area contributed by atoms with Gasteiger partial charge in [-0.3, -0.25) is 4.79 Å². The maximum atomic E-state index is 11.1. The molecule has 3 nitrogen and oxygen atoms in total. The first-order valence-electron chi connectivity index (χ1n) is 4.35. The van der Waals surface area contributed by atoms with E-state index in [9.17, 15) is 4.79 Å². The standard InChI is InChI=1S/C10H12N2O/c1-6-4-8(11)5-7-2-3-9(13)12-10(6)7/h4-5H,2-3,11H2,1H3,(H,12,13). The largest absolute Gasteiger partial charge is 0.399 e. The molecule has 0 saturated carbocycles. The minimum absolute atomic E-state index is 0.0976. The van der Waals surface area contributed by atoms with Crippen molar-refractivity contribution in [3.63, 3.8) is 0 Å². The van der Waals surface area contributed by atoms with Crippen LogP contribution < -0.4 is 11.1 Å². The van der Waals surface area contributed by atoms with E-state index in [1.165, 1.54) is 0 Å². The number of nitrogens with one attached hydrogen (secondary N) is 1. The van der Waals surface area contributed by atoms with Crippen molar-refractivity contribution in [3.05, 3.63) is 23.3 Å². The molecule has 0 spiro atoms. The Hall–Kier alpha value is -1.51. The number of carbonyl (C=O) groups excluding carboxylic acids is 1. The first kappa shape index (κ1) is 8.10. The van der Waals surface area contributed by atoms with Crippen LogP contribution in [0.15, 0.2) is 12.1 Å². The molecule has 3 heteroatoms. The molecule has 3 N–H and O–H groups in total. The van der Waals surface area contributed by atoms with Crippen LogP contribution in [0.1, 0.15) is 17.5 Å². The summed E-state index contributed by atoms with van der Waals surface area (Å²) in [5.41, 5.74) is 9.62. The van der Waals surface area contributed by atoms with E-state index in [4.69, 9.17) is 5.73 Å². The number of aryl methyl sites for hydroxylation is 2. The van der Waals surface area contributed by atoms with Gasteiger partial charge in [0, 0.05) is 17.8 Å². The van der Waals surface area contributed by atoms with Crippen LogP contribution in [0.5, 0.6) is 0 Å². The van der Waals surface area contributed by atoms with Crippen molar-refractivity contribution >= 4 is 17.3 Å². The third-order valence-electron chi connectivity index (χ3n) is 2.33. The highest BCUT2D eigenvalue weighted by molar-refractivity contribution is 5.95. The summed E-state index contributed by atoms with van der Waals surface area (Å²) >= 11 is 0. The van der Waals surface area contributed by atoms with Crippen molar-refractivity contribution in [2.24, 2.45) is 0 Å². The molecule has 0 aliphatic carbocycles. The Morgan fingerprint density at radius 2 is 2.15 bits per heavy atom. The zero-order valence-corrected chi connectivity index (χ0v) is 7.55. The summed E-state index contributed by atoms with van der Waals surface area (Å²) < 4.78 is 0. The van der Waals surface area contributed by atoms with Gasteiger partial charge in [-0.05, 0) is 36.6 Å². The normalized spacial score (nSPS) is 15.0. The lowest BCUT2D eigenvalue weighted by atomic mass is 9.99. The minimum atomic E-state index is 0.0976. The van der Waals surface area contributed by atoms with Crippen LogP contribution in [0, 0.1) is 6.92 Å². The molecule has 1 aromatic carbocycles. The van der Waals surface area contributed by atoms with Crippen LogP contribution in [0.3, 0.4) is 0 Å². The Morgan fingerprint density at radius 3 is 2.92 bits per heavy atom. The van der Waals surface area contributed by atoms with E-state index in [2.05, 4.69) is 5.32 Å². The fraction of sp³-hybridized carbons (Fsp3) is 0.300. The van der Waals surface area contributed by atoms with Crippen molar-refractivity contribution in [3.8, 4) is 0 Å². The third kappa shape index (κ3) is 1.37. The number of carbonyl (C=O) groups is 1. The topological polar surface area (TPSA) is 55.1 Å². The summed E-state index contributed by atoms with van der Waals surface area (Å²) in [7, 11) is 0. The molecule has 0 bridgehead atoms. The summed E-state index contributed by atoms with van der Waals surface area (Å²) in [5, 5.41) is 2.86. The average molecular weight is 176 g/mol. The lowest BCUT2D eigenvalue weighted by Gasteiger charge is -2.19. The molecule has 0 unspecified atom stereocenters. The van der Waals surface area contributed by atoms with Crippen LogP contribution in [0.4, 0.5) is 11.4 Å². The first-order chi connectivity index (χ1) is 6.16. The van der Waals surface area contributed by atoms with Crippen LogP contribution in [-0.4, -0.2) is 5.91 Å². The Morgan fingerprint density at radius 1 is 1.38 bits per heavy atom. The highest BCUT2D eigenvalue weighted by Gasteiger charge is 2.16. The zero-order valence-electron chi connectivity index (χ0n) is 7.55. The molecule has 2 rings (SSSR count). The SMILES string of the molecule is Cc1cc(N)cc2c1NC(=O)CC2. The molecular formula is C10H12N2O. The number of hydrogen-bond acceptors (Lipinski definition) is 2. The molecule has 68 valence electrons. The molecule has 1 aromatic rings. The molecule has 0 saturated heterocycles. The van der Waals surface area contributed by atoms with E-state index in [-0.39, 0.29) is 5.91 Å². The van der Waals surface area contributed by atoms with Gasteiger partial charge in [0.15, 0.2) is 0 Å². The van der Waals surface area contributed by atoms with Gasteiger partial charge >= 0.3 is 0 Å².